The van der Waals surface area contributed by atoms with Crippen molar-refractivity contribution in [1.82, 2.24) is 34.8 Å². The Hall–Kier alpha value is -4.33. The van der Waals surface area contributed by atoms with Crippen LogP contribution in [0.15, 0.2) is 61.3 Å². The topological polar surface area (TPSA) is 101 Å². The summed E-state index contributed by atoms with van der Waals surface area (Å²) >= 11 is 0. The van der Waals surface area contributed by atoms with Crippen LogP contribution in [0.1, 0.15) is 41.4 Å². The molecule has 6 rings (SSSR count). The first-order valence-electron chi connectivity index (χ1n) is 11.9. The van der Waals surface area contributed by atoms with Crippen LogP contribution >= 0.6 is 0 Å². The van der Waals surface area contributed by atoms with Gasteiger partial charge in [0.15, 0.2) is 5.65 Å². The van der Waals surface area contributed by atoms with E-state index in [1.807, 2.05) is 60.2 Å². The quantitative estimate of drug-likeness (QED) is 0.382. The van der Waals surface area contributed by atoms with Crippen molar-refractivity contribution < 1.29 is 4.79 Å². The van der Waals surface area contributed by atoms with Gasteiger partial charge < -0.3 is 10.3 Å². The van der Waals surface area contributed by atoms with Gasteiger partial charge >= 0.3 is 0 Å². The largest absolute Gasteiger partial charge is 0.349 e. The predicted octanol–water partition coefficient (Wildman–Crippen LogP) is 4.64. The number of imidazole rings is 2. The predicted molar refractivity (Wildman–Crippen MR) is 134 cm³/mol. The van der Waals surface area contributed by atoms with Gasteiger partial charge in [0.1, 0.15) is 29.7 Å². The molecule has 0 bridgehead atoms. The van der Waals surface area contributed by atoms with E-state index in [9.17, 15) is 4.79 Å². The first-order valence-corrected chi connectivity index (χ1v) is 11.9. The number of aromatic nitrogens is 6. The van der Waals surface area contributed by atoms with Crippen molar-refractivity contribution in [1.29, 1.82) is 0 Å². The molecule has 2 N–H and O–H groups in total. The number of aryl methyl sites for hydroxylation is 2. The summed E-state index contributed by atoms with van der Waals surface area (Å²) in [4.78, 5) is 34.1. The smallest absolute Gasteiger partial charge is 0.251 e. The van der Waals surface area contributed by atoms with Crippen molar-refractivity contribution in [2.75, 3.05) is 0 Å². The fraction of sp³-hybridized carbons (Fsp3) is 0.222. The van der Waals surface area contributed by atoms with E-state index in [4.69, 9.17) is 0 Å². The van der Waals surface area contributed by atoms with Crippen molar-refractivity contribution in [3.05, 3.63) is 78.1 Å². The number of fused-ring (bicyclic) bond motifs is 1. The number of aromatic amines is 1. The summed E-state index contributed by atoms with van der Waals surface area (Å²) in [5.41, 5.74) is 7.77. The highest BCUT2D eigenvalue weighted by molar-refractivity contribution is 5.95. The molecule has 2 aromatic carbocycles. The Morgan fingerprint density at radius 2 is 1.86 bits per heavy atom. The summed E-state index contributed by atoms with van der Waals surface area (Å²) in [6.45, 7) is 4.11. The van der Waals surface area contributed by atoms with Crippen LogP contribution in [0.4, 0.5) is 0 Å². The molecule has 0 unspecified atom stereocenters. The van der Waals surface area contributed by atoms with E-state index in [2.05, 4.69) is 37.2 Å². The molecule has 3 heterocycles. The second kappa shape index (κ2) is 8.47. The molecule has 1 aliphatic rings. The van der Waals surface area contributed by atoms with Gasteiger partial charge in [0.25, 0.3) is 5.91 Å². The van der Waals surface area contributed by atoms with Crippen LogP contribution in [-0.2, 0) is 6.42 Å². The van der Waals surface area contributed by atoms with Crippen molar-refractivity contribution in [2.24, 2.45) is 0 Å². The molecule has 0 saturated heterocycles. The van der Waals surface area contributed by atoms with Crippen LogP contribution in [0, 0.1) is 6.92 Å². The zero-order valence-electron chi connectivity index (χ0n) is 19.6. The number of H-pyrrole nitrogens is 1. The lowest BCUT2D eigenvalue weighted by atomic mass is 10.1. The summed E-state index contributed by atoms with van der Waals surface area (Å²) in [6, 6.07) is 14.2. The maximum atomic E-state index is 12.6. The lowest BCUT2D eigenvalue weighted by Crippen LogP contribution is -2.25. The fourth-order valence-electron chi connectivity index (χ4n) is 4.20. The molecule has 174 valence electrons. The Bertz CT molecular complexity index is 1540. The second-order valence-corrected chi connectivity index (χ2v) is 8.95. The van der Waals surface area contributed by atoms with Gasteiger partial charge in [-0.05, 0) is 43.9 Å². The van der Waals surface area contributed by atoms with E-state index in [1.165, 1.54) is 0 Å². The fourth-order valence-corrected chi connectivity index (χ4v) is 4.20. The lowest BCUT2D eigenvalue weighted by Gasteiger charge is -2.11. The molecule has 0 aliphatic heterocycles. The third-order valence-corrected chi connectivity index (χ3v) is 6.42. The van der Waals surface area contributed by atoms with Crippen LogP contribution < -0.4 is 5.32 Å². The third kappa shape index (κ3) is 3.97. The SMILES string of the molecule is CCc1cnc(-c2ccc(-c3ncnc4c3ncn4-c3cc(C(=O)NC4CC4)ccc3C)cc2)[nH]1. The van der Waals surface area contributed by atoms with E-state index in [0.29, 0.717) is 22.8 Å². The van der Waals surface area contributed by atoms with Gasteiger partial charge in [0, 0.05) is 34.6 Å². The summed E-state index contributed by atoms with van der Waals surface area (Å²) in [6.07, 6.45) is 8.20. The number of amides is 1. The Balaban J connectivity index is 1.36. The van der Waals surface area contributed by atoms with Gasteiger partial charge in [-0.25, -0.2) is 19.9 Å². The molecule has 35 heavy (non-hydrogen) atoms. The molecule has 1 saturated carbocycles. The Kier molecular flexibility index (Phi) is 5.13. The number of carbonyl (C=O) groups is 1. The second-order valence-electron chi connectivity index (χ2n) is 8.95. The normalized spacial score (nSPS) is 13.3. The number of nitrogens with one attached hydrogen (secondary N) is 2. The number of benzene rings is 2. The number of nitrogens with zero attached hydrogens (tertiary/aromatic N) is 5. The zero-order chi connectivity index (χ0) is 23.9. The Morgan fingerprint density at radius 3 is 2.60 bits per heavy atom. The summed E-state index contributed by atoms with van der Waals surface area (Å²) in [5, 5.41) is 3.05. The van der Waals surface area contributed by atoms with Gasteiger partial charge in [-0.15, -0.1) is 0 Å². The average molecular weight is 464 g/mol. The summed E-state index contributed by atoms with van der Waals surface area (Å²) < 4.78 is 1.92. The molecule has 1 aliphatic carbocycles. The third-order valence-electron chi connectivity index (χ3n) is 6.42. The van der Waals surface area contributed by atoms with Gasteiger partial charge in [0.2, 0.25) is 0 Å². The molecule has 0 radical (unpaired) electrons. The minimum atomic E-state index is -0.0452. The maximum absolute atomic E-state index is 12.6. The minimum absolute atomic E-state index is 0.0452. The van der Waals surface area contributed by atoms with E-state index in [1.54, 1.807) is 12.7 Å². The van der Waals surface area contributed by atoms with Crippen LogP contribution in [0.2, 0.25) is 0 Å². The molecular weight excluding hydrogens is 438 g/mol. The first kappa shape index (κ1) is 21.2. The van der Waals surface area contributed by atoms with Crippen LogP contribution in [0.3, 0.4) is 0 Å². The molecule has 8 heteroatoms. The highest BCUT2D eigenvalue weighted by Gasteiger charge is 2.24. The summed E-state index contributed by atoms with van der Waals surface area (Å²) in [5.74, 6) is 0.808. The van der Waals surface area contributed by atoms with E-state index in [-0.39, 0.29) is 5.91 Å². The van der Waals surface area contributed by atoms with Crippen LogP contribution in [0.25, 0.3) is 39.5 Å². The minimum Gasteiger partial charge on any atom is -0.349 e. The number of hydrogen-bond donors (Lipinski definition) is 2. The number of carbonyl (C=O) groups excluding carboxylic acids is 1. The van der Waals surface area contributed by atoms with Gasteiger partial charge in [-0.2, -0.15) is 0 Å². The highest BCUT2D eigenvalue weighted by atomic mass is 16.1. The number of rotatable bonds is 6. The van der Waals surface area contributed by atoms with E-state index >= 15 is 0 Å². The molecule has 8 nitrogen and oxygen atoms in total. The van der Waals surface area contributed by atoms with Crippen molar-refractivity contribution >= 4 is 17.1 Å². The van der Waals surface area contributed by atoms with Gasteiger partial charge in [-0.3, -0.25) is 9.36 Å². The molecule has 0 atom stereocenters. The Morgan fingerprint density at radius 1 is 1.06 bits per heavy atom. The molecule has 1 fully saturated rings. The van der Waals surface area contributed by atoms with E-state index in [0.717, 1.165) is 58.9 Å². The van der Waals surface area contributed by atoms with Crippen molar-refractivity contribution in [3.8, 4) is 28.3 Å². The maximum Gasteiger partial charge on any atom is 0.251 e. The monoisotopic (exact) mass is 463 g/mol. The molecule has 0 spiro atoms. The van der Waals surface area contributed by atoms with E-state index < -0.39 is 0 Å². The number of hydrogen-bond acceptors (Lipinski definition) is 5. The van der Waals surface area contributed by atoms with Crippen LogP contribution in [0.5, 0.6) is 0 Å². The molecular formula is C27H25N7O. The standard InChI is InChI=1S/C27H25N7O/c1-3-20-13-28-25(32-20)18-8-6-17(7-9-18)23-24-26(30-14-29-23)34(15-31-24)22-12-19(5-4-16(22)2)27(35)33-21-10-11-21/h4-9,12-15,21H,3,10-11H2,1-2H3,(H,28,32)(H,33,35). The Labute approximate surface area is 202 Å². The van der Waals surface area contributed by atoms with Crippen molar-refractivity contribution in [3.63, 3.8) is 0 Å². The molecule has 5 aromatic rings. The van der Waals surface area contributed by atoms with Crippen molar-refractivity contribution in [2.45, 2.75) is 39.2 Å². The highest BCUT2D eigenvalue weighted by Crippen LogP contribution is 2.29. The summed E-state index contributed by atoms with van der Waals surface area (Å²) in [7, 11) is 0. The van der Waals surface area contributed by atoms with Gasteiger partial charge in [-0.1, -0.05) is 37.3 Å². The zero-order valence-corrected chi connectivity index (χ0v) is 19.6. The first-order chi connectivity index (χ1) is 17.1. The van der Waals surface area contributed by atoms with Gasteiger partial charge in [0.05, 0.1) is 5.69 Å². The lowest BCUT2D eigenvalue weighted by molar-refractivity contribution is 0.0951. The average Bonchev–Trinajstić information content (AvgIpc) is 3.39. The van der Waals surface area contributed by atoms with Crippen LogP contribution in [-0.4, -0.2) is 41.4 Å². The molecule has 3 aromatic heterocycles. The molecule has 1 amide bonds.